The van der Waals surface area contributed by atoms with Crippen molar-refractivity contribution >= 4 is 55.9 Å². The molecule has 0 fully saturated rings. The number of hydrogen-bond donors (Lipinski definition) is 1. The van der Waals surface area contributed by atoms with Crippen LogP contribution in [-0.2, 0) is 10.0 Å². The second kappa shape index (κ2) is 7.21. The standard InChI is InChI=1S/C18H12Cl2FNO2S2/c19-13-5-12(6-14(20)9-13)15-3-1-11(8-17(15)25)10-2-4-18(16(21)7-10)26(22,23)24/h1-9,15H,(H2,22,23,24). The van der Waals surface area contributed by atoms with Gasteiger partial charge in [0.1, 0.15) is 10.7 Å². The molecule has 26 heavy (non-hydrogen) atoms. The fourth-order valence-electron chi connectivity index (χ4n) is 2.71. The van der Waals surface area contributed by atoms with Gasteiger partial charge in [0.05, 0.1) is 0 Å². The number of hydrogen-bond acceptors (Lipinski definition) is 3. The summed E-state index contributed by atoms with van der Waals surface area (Å²) in [6.07, 6.45) is 5.39. The molecule has 3 nitrogen and oxygen atoms in total. The van der Waals surface area contributed by atoms with E-state index in [9.17, 15) is 12.8 Å². The molecule has 1 aliphatic rings. The first-order valence-corrected chi connectivity index (χ1v) is 10.1. The Labute approximate surface area is 166 Å². The van der Waals surface area contributed by atoms with Crippen LogP contribution in [0.3, 0.4) is 0 Å². The van der Waals surface area contributed by atoms with Crippen molar-refractivity contribution in [2.75, 3.05) is 0 Å². The van der Waals surface area contributed by atoms with Crippen LogP contribution in [0.4, 0.5) is 4.39 Å². The van der Waals surface area contributed by atoms with Gasteiger partial charge in [-0.25, -0.2) is 17.9 Å². The fourth-order valence-corrected chi connectivity index (χ4v) is 4.18. The first-order chi connectivity index (χ1) is 12.1. The highest BCUT2D eigenvalue weighted by Gasteiger charge is 2.20. The number of thiocarbonyl (C=S) groups is 1. The Morgan fingerprint density at radius 2 is 1.73 bits per heavy atom. The molecule has 0 bridgehead atoms. The van der Waals surface area contributed by atoms with Crippen molar-refractivity contribution in [3.8, 4) is 0 Å². The van der Waals surface area contributed by atoms with E-state index in [2.05, 4.69) is 0 Å². The minimum Gasteiger partial charge on any atom is -0.225 e. The van der Waals surface area contributed by atoms with E-state index >= 15 is 0 Å². The van der Waals surface area contributed by atoms with Gasteiger partial charge in [0, 0.05) is 20.8 Å². The Hall–Kier alpha value is -1.57. The van der Waals surface area contributed by atoms with Crippen LogP contribution < -0.4 is 5.14 Å². The maximum atomic E-state index is 14.1. The third-order valence-electron chi connectivity index (χ3n) is 3.89. The number of benzene rings is 2. The van der Waals surface area contributed by atoms with E-state index in [0.717, 1.165) is 17.7 Å². The summed E-state index contributed by atoms with van der Waals surface area (Å²) >= 11 is 17.6. The van der Waals surface area contributed by atoms with Crippen molar-refractivity contribution in [1.29, 1.82) is 0 Å². The molecular weight excluding hydrogens is 416 g/mol. The van der Waals surface area contributed by atoms with E-state index in [1.807, 2.05) is 6.08 Å². The Bertz CT molecular complexity index is 1060. The molecule has 134 valence electrons. The molecule has 8 heteroatoms. The number of sulfonamides is 1. The molecule has 2 aromatic rings. The molecule has 1 unspecified atom stereocenters. The first kappa shape index (κ1) is 19.2. The van der Waals surface area contributed by atoms with Gasteiger partial charge in [-0.2, -0.15) is 0 Å². The quantitative estimate of drug-likeness (QED) is 0.709. The lowest BCUT2D eigenvalue weighted by Crippen LogP contribution is -2.14. The molecular formula is C18H12Cl2FNO2S2. The molecule has 0 heterocycles. The van der Waals surface area contributed by atoms with E-state index in [4.69, 9.17) is 40.6 Å². The van der Waals surface area contributed by atoms with Crippen LogP contribution in [0.25, 0.3) is 5.57 Å². The van der Waals surface area contributed by atoms with Gasteiger partial charge in [0.25, 0.3) is 0 Å². The van der Waals surface area contributed by atoms with Crippen molar-refractivity contribution in [3.63, 3.8) is 0 Å². The third-order valence-corrected chi connectivity index (χ3v) is 5.64. The summed E-state index contributed by atoms with van der Waals surface area (Å²) in [5.41, 5.74) is 2.02. The highest BCUT2D eigenvalue weighted by Crippen LogP contribution is 2.32. The molecule has 2 N–H and O–H groups in total. The number of halogens is 3. The smallest absolute Gasteiger partial charge is 0.225 e. The summed E-state index contributed by atoms with van der Waals surface area (Å²) < 4.78 is 36.7. The van der Waals surface area contributed by atoms with Gasteiger partial charge in [0.2, 0.25) is 10.0 Å². The number of nitrogens with two attached hydrogens (primary N) is 1. The summed E-state index contributed by atoms with van der Waals surface area (Å²) in [6, 6.07) is 8.95. The number of allylic oxidation sites excluding steroid dienone is 4. The van der Waals surface area contributed by atoms with E-state index < -0.39 is 20.7 Å². The highest BCUT2D eigenvalue weighted by atomic mass is 35.5. The Morgan fingerprint density at radius 1 is 1.08 bits per heavy atom. The number of primary sulfonamides is 1. The average molecular weight is 428 g/mol. The van der Waals surface area contributed by atoms with E-state index in [1.165, 1.54) is 6.07 Å². The molecule has 0 aromatic heterocycles. The number of rotatable bonds is 3. The van der Waals surface area contributed by atoms with Crippen LogP contribution in [0.2, 0.25) is 10.0 Å². The lowest BCUT2D eigenvalue weighted by molar-refractivity contribution is 0.568. The normalized spacial score (nSPS) is 17.3. The van der Waals surface area contributed by atoms with Gasteiger partial charge in [0.15, 0.2) is 0 Å². The second-order valence-electron chi connectivity index (χ2n) is 5.73. The predicted octanol–water partition coefficient (Wildman–Crippen LogP) is 4.89. The first-order valence-electron chi connectivity index (χ1n) is 7.37. The lowest BCUT2D eigenvalue weighted by Gasteiger charge is -2.19. The molecule has 0 radical (unpaired) electrons. The van der Waals surface area contributed by atoms with Gasteiger partial charge >= 0.3 is 0 Å². The van der Waals surface area contributed by atoms with Gasteiger partial charge in [-0.1, -0.05) is 53.6 Å². The molecule has 0 saturated carbocycles. The van der Waals surface area contributed by atoms with Crippen LogP contribution in [0.5, 0.6) is 0 Å². The SMILES string of the molecule is NS(=O)(=O)c1ccc(C2=CC(=S)C(c3cc(Cl)cc(Cl)c3)C=C2)cc1F. The summed E-state index contributed by atoms with van der Waals surface area (Å²) in [4.78, 5) is 0.0624. The zero-order valence-electron chi connectivity index (χ0n) is 13.1. The van der Waals surface area contributed by atoms with Crippen LogP contribution in [-0.4, -0.2) is 13.3 Å². The largest absolute Gasteiger partial charge is 0.240 e. The summed E-state index contributed by atoms with van der Waals surface area (Å²) in [6.45, 7) is 0. The van der Waals surface area contributed by atoms with Gasteiger partial charge < -0.3 is 0 Å². The van der Waals surface area contributed by atoms with Crippen LogP contribution in [0.15, 0.2) is 59.5 Å². The van der Waals surface area contributed by atoms with Crippen LogP contribution in [0.1, 0.15) is 17.0 Å². The maximum absolute atomic E-state index is 14.1. The molecule has 2 aromatic carbocycles. The highest BCUT2D eigenvalue weighted by molar-refractivity contribution is 7.89. The molecule has 0 aliphatic heterocycles. The summed E-state index contributed by atoms with van der Waals surface area (Å²) in [5, 5.41) is 6.00. The maximum Gasteiger partial charge on any atom is 0.240 e. The minimum atomic E-state index is -4.11. The fraction of sp³-hybridized carbons (Fsp3) is 0.0556. The molecule has 3 rings (SSSR count). The molecule has 1 aliphatic carbocycles. The van der Waals surface area contributed by atoms with Gasteiger partial charge in [-0.05, 0) is 53.1 Å². The zero-order valence-corrected chi connectivity index (χ0v) is 16.3. The lowest BCUT2D eigenvalue weighted by atomic mass is 9.88. The van der Waals surface area contributed by atoms with Crippen LogP contribution >= 0.6 is 35.4 Å². The van der Waals surface area contributed by atoms with Crippen molar-refractivity contribution in [2.24, 2.45) is 5.14 Å². The van der Waals surface area contributed by atoms with Crippen molar-refractivity contribution in [2.45, 2.75) is 10.8 Å². The molecule has 0 saturated heterocycles. The third kappa shape index (κ3) is 4.05. The average Bonchev–Trinajstić information content (AvgIpc) is 2.52. The Kier molecular flexibility index (Phi) is 5.33. The summed E-state index contributed by atoms with van der Waals surface area (Å²) in [7, 11) is -4.11. The predicted molar refractivity (Wildman–Crippen MR) is 107 cm³/mol. The van der Waals surface area contributed by atoms with Crippen molar-refractivity contribution in [1.82, 2.24) is 0 Å². The van der Waals surface area contributed by atoms with Crippen molar-refractivity contribution in [3.05, 3.63) is 81.6 Å². The van der Waals surface area contributed by atoms with Gasteiger partial charge in [-0.15, -0.1) is 0 Å². The van der Waals surface area contributed by atoms with E-state index in [-0.39, 0.29) is 5.92 Å². The molecule has 0 spiro atoms. The van der Waals surface area contributed by atoms with E-state index in [0.29, 0.717) is 26.0 Å². The van der Waals surface area contributed by atoms with E-state index in [1.54, 1.807) is 30.4 Å². The Morgan fingerprint density at radius 3 is 2.27 bits per heavy atom. The molecule has 0 amide bonds. The second-order valence-corrected chi connectivity index (χ2v) is 8.61. The molecule has 1 atom stereocenters. The van der Waals surface area contributed by atoms with Crippen molar-refractivity contribution < 1.29 is 12.8 Å². The van der Waals surface area contributed by atoms with Gasteiger partial charge in [-0.3, -0.25) is 0 Å². The topological polar surface area (TPSA) is 60.2 Å². The Balaban J connectivity index is 1.93. The monoisotopic (exact) mass is 427 g/mol. The van der Waals surface area contributed by atoms with Crippen LogP contribution in [0, 0.1) is 5.82 Å². The minimum absolute atomic E-state index is 0.182. The zero-order chi connectivity index (χ0) is 19.1. The summed E-state index contributed by atoms with van der Waals surface area (Å²) in [5.74, 6) is -1.09.